The van der Waals surface area contributed by atoms with Crippen LogP contribution in [0.15, 0.2) is 53.4 Å². The summed E-state index contributed by atoms with van der Waals surface area (Å²) >= 11 is 0. The molecule has 1 aliphatic rings. The van der Waals surface area contributed by atoms with Gasteiger partial charge < -0.3 is 10.5 Å². The van der Waals surface area contributed by atoms with Crippen LogP contribution in [0.5, 0.6) is 0 Å². The maximum absolute atomic E-state index is 12.5. The zero-order valence-corrected chi connectivity index (χ0v) is 11.9. The molecule has 0 bridgehead atoms. The minimum Gasteiger partial charge on any atom is -0.398 e. The largest absolute Gasteiger partial charge is 0.398 e. The van der Waals surface area contributed by atoms with Crippen molar-refractivity contribution in [1.82, 2.24) is 0 Å². The number of ether oxygens (including phenoxy) is 1. The van der Waals surface area contributed by atoms with Crippen molar-refractivity contribution in [3.05, 3.63) is 59.7 Å². The number of nitrogens with two attached hydrogens (primary N) is 1. The summed E-state index contributed by atoms with van der Waals surface area (Å²) in [5, 5.41) is 0. The molecule has 1 heterocycles. The van der Waals surface area contributed by atoms with E-state index >= 15 is 0 Å². The minimum atomic E-state index is -1.15. The zero-order valence-electron chi connectivity index (χ0n) is 11.1. The van der Waals surface area contributed by atoms with Crippen molar-refractivity contribution in [1.29, 1.82) is 0 Å². The molecule has 20 heavy (non-hydrogen) atoms. The molecule has 3 rings (SSSR count). The molecule has 0 amide bonds. The molecular weight excluding hydrogens is 270 g/mol. The normalized spacial score (nSPS) is 19.3. The van der Waals surface area contributed by atoms with Gasteiger partial charge in [-0.2, -0.15) is 0 Å². The molecule has 1 aliphatic heterocycles. The molecule has 2 N–H and O–H groups in total. The second-order valence-electron chi connectivity index (χ2n) is 4.86. The van der Waals surface area contributed by atoms with Crippen molar-refractivity contribution in [2.45, 2.75) is 17.4 Å². The number of nitrogen functional groups attached to an aromatic ring is 1. The number of hydrogen-bond acceptors (Lipinski definition) is 3. The number of hydrogen-bond donors (Lipinski definition) is 1. The summed E-state index contributed by atoms with van der Waals surface area (Å²) < 4.78 is 18.3. The van der Waals surface area contributed by atoms with E-state index < -0.39 is 10.8 Å². The van der Waals surface area contributed by atoms with Gasteiger partial charge in [0, 0.05) is 5.69 Å². The summed E-state index contributed by atoms with van der Waals surface area (Å²) in [4.78, 5) is 0.694. The minimum absolute atomic E-state index is 0.111. The van der Waals surface area contributed by atoms with Crippen molar-refractivity contribution in [2.24, 2.45) is 0 Å². The quantitative estimate of drug-likeness (QED) is 0.883. The molecule has 0 radical (unpaired) electrons. The van der Waals surface area contributed by atoms with Crippen molar-refractivity contribution in [3.8, 4) is 0 Å². The van der Waals surface area contributed by atoms with Crippen molar-refractivity contribution >= 4 is 16.5 Å². The number of rotatable bonds is 3. The summed E-state index contributed by atoms with van der Waals surface area (Å²) in [5.74, 6) is 0.450. The Labute approximate surface area is 121 Å². The van der Waals surface area contributed by atoms with Crippen molar-refractivity contribution in [2.75, 3.05) is 18.1 Å². The van der Waals surface area contributed by atoms with Crippen LogP contribution in [0.3, 0.4) is 0 Å². The Morgan fingerprint density at radius 2 is 1.90 bits per heavy atom. The molecule has 2 aromatic carbocycles. The van der Waals surface area contributed by atoms with E-state index in [-0.39, 0.29) is 6.10 Å². The van der Waals surface area contributed by atoms with Crippen LogP contribution in [0.25, 0.3) is 0 Å². The van der Waals surface area contributed by atoms with E-state index in [1.807, 2.05) is 30.3 Å². The highest BCUT2D eigenvalue weighted by Crippen LogP contribution is 2.29. The number of benzene rings is 2. The first kappa shape index (κ1) is 13.3. The van der Waals surface area contributed by atoms with Crippen molar-refractivity contribution < 1.29 is 8.95 Å². The maximum Gasteiger partial charge on any atom is 0.0946 e. The lowest BCUT2D eigenvalue weighted by Gasteiger charge is -2.25. The van der Waals surface area contributed by atoms with Gasteiger partial charge in [0.15, 0.2) is 0 Å². The third-order valence-electron chi connectivity index (χ3n) is 3.56. The topological polar surface area (TPSA) is 52.3 Å². The molecule has 2 aromatic rings. The Morgan fingerprint density at radius 1 is 1.15 bits per heavy atom. The molecular formula is C16H17NO2S. The van der Waals surface area contributed by atoms with Crippen LogP contribution >= 0.6 is 0 Å². The van der Waals surface area contributed by atoms with Gasteiger partial charge in [0.1, 0.15) is 0 Å². The average molecular weight is 287 g/mol. The summed E-state index contributed by atoms with van der Waals surface area (Å²) in [6.45, 7) is 0.684. The number of anilines is 1. The fourth-order valence-electron chi connectivity index (χ4n) is 2.53. The van der Waals surface area contributed by atoms with Crippen LogP contribution in [0.1, 0.15) is 17.2 Å². The highest BCUT2D eigenvalue weighted by Gasteiger charge is 2.23. The summed E-state index contributed by atoms with van der Waals surface area (Å²) in [6, 6.07) is 15.5. The molecule has 0 saturated carbocycles. The van der Waals surface area contributed by atoms with E-state index in [1.165, 1.54) is 5.56 Å². The zero-order chi connectivity index (χ0) is 13.9. The van der Waals surface area contributed by atoms with Crippen LogP contribution in [-0.4, -0.2) is 16.6 Å². The molecule has 0 aromatic heterocycles. The highest BCUT2D eigenvalue weighted by atomic mass is 32.2. The third kappa shape index (κ3) is 2.62. The van der Waals surface area contributed by atoms with E-state index in [2.05, 4.69) is 12.1 Å². The van der Waals surface area contributed by atoms with Crippen LogP contribution in [-0.2, 0) is 22.0 Å². The summed E-state index contributed by atoms with van der Waals surface area (Å²) in [6.07, 6.45) is 0.813. The fraction of sp³-hybridized carbons (Fsp3) is 0.250. The van der Waals surface area contributed by atoms with Crippen LogP contribution in [0.4, 0.5) is 5.69 Å². The summed E-state index contributed by atoms with van der Waals surface area (Å²) in [5.41, 5.74) is 8.91. The molecule has 2 unspecified atom stereocenters. The summed E-state index contributed by atoms with van der Waals surface area (Å²) in [7, 11) is -1.15. The first-order valence-corrected chi connectivity index (χ1v) is 8.00. The van der Waals surface area contributed by atoms with E-state index in [9.17, 15) is 4.21 Å². The first-order valence-electron chi connectivity index (χ1n) is 6.68. The van der Waals surface area contributed by atoms with E-state index in [0.717, 1.165) is 12.0 Å². The Bertz CT molecular complexity index is 642. The predicted octanol–water partition coefficient (Wildman–Crippen LogP) is 2.69. The standard InChI is InChI=1S/C16H17NO2S/c17-14-7-3-4-8-16(14)20(18)11-15-13-6-2-1-5-12(13)9-10-19-15/h1-8,15H,9-11,17H2. The third-order valence-corrected chi connectivity index (χ3v) is 5.03. The van der Waals surface area contributed by atoms with Gasteiger partial charge >= 0.3 is 0 Å². The molecule has 0 aliphatic carbocycles. The SMILES string of the molecule is Nc1ccccc1S(=O)CC1OCCc2ccccc21. The van der Waals surface area contributed by atoms with Gasteiger partial charge in [-0.1, -0.05) is 36.4 Å². The Kier molecular flexibility index (Phi) is 3.85. The maximum atomic E-state index is 12.5. The van der Waals surface area contributed by atoms with Gasteiger partial charge in [0.05, 0.1) is 34.2 Å². The Hall–Kier alpha value is -1.65. The Balaban J connectivity index is 1.83. The second-order valence-corrected chi connectivity index (χ2v) is 6.32. The van der Waals surface area contributed by atoms with E-state index in [4.69, 9.17) is 10.5 Å². The van der Waals surface area contributed by atoms with Crippen molar-refractivity contribution in [3.63, 3.8) is 0 Å². The molecule has 0 spiro atoms. The highest BCUT2D eigenvalue weighted by molar-refractivity contribution is 7.85. The monoisotopic (exact) mass is 287 g/mol. The molecule has 0 fully saturated rings. The van der Waals surface area contributed by atoms with Gasteiger partial charge in [-0.3, -0.25) is 4.21 Å². The lowest BCUT2D eigenvalue weighted by Crippen LogP contribution is -2.21. The van der Waals surface area contributed by atoms with E-state index in [0.29, 0.717) is 22.9 Å². The van der Waals surface area contributed by atoms with Gasteiger partial charge in [-0.15, -0.1) is 0 Å². The Morgan fingerprint density at radius 3 is 2.75 bits per heavy atom. The molecule has 2 atom stereocenters. The first-order chi connectivity index (χ1) is 9.75. The predicted molar refractivity (Wildman–Crippen MR) is 81.0 cm³/mol. The van der Waals surface area contributed by atoms with E-state index in [1.54, 1.807) is 6.07 Å². The fourth-order valence-corrected chi connectivity index (χ4v) is 3.82. The smallest absolute Gasteiger partial charge is 0.0946 e. The lowest BCUT2D eigenvalue weighted by molar-refractivity contribution is 0.0582. The van der Waals surface area contributed by atoms with Gasteiger partial charge in [-0.25, -0.2) is 0 Å². The van der Waals surface area contributed by atoms with Crippen LogP contribution in [0.2, 0.25) is 0 Å². The van der Waals surface area contributed by atoms with Crippen LogP contribution in [0, 0.1) is 0 Å². The number of para-hydroxylation sites is 1. The van der Waals surface area contributed by atoms with Gasteiger partial charge in [0.2, 0.25) is 0 Å². The van der Waals surface area contributed by atoms with Gasteiger partial charge in [-0.05, 0) is 29.7 Å². The molecule has 0 saturated heterocycles. The van der Waals surface area contributed by atoms with Crippen LogP contribution < -0.4 is 5.73 Å². The average Bonchev–Trinajstić information content (AvgIpc) is 2.48. The molecule has 4 heteroatoms. The molecule has 104 valence electrons. The number of fused-ring (bicyclic) bond motifs is 1. The second kappa shape index (κ2) is 5.77. The van der Waals surface area contributed by atoms with Gasteiger partial charge in [0.25, 0.3) is 0 Å². The lowest BCUT2D eigenvalue weighted by atomic mass is 9.99. The molecule has 3 nitrogen and oxygen atoms in total.